The van der Waals surface area contributed by atoms with Crippen LogP contribution in [-0.2, 0) is 0 Å². The maximum Gasteiger partial charge on any atom is 0.213 e. The van der Waals surface area contributed by atoms with E-state index in [2.05, 4.69) is 0 Å². The summed E-state index contributed by atoms with van der Waals surface area (Å²) in [6.45, 7) is 2.00. The summed E-state index contributed by atoms with van der Waals surface area (Å²) in [5, 5.41) is 1.84. The first kappa shape index (κ1) is 10.4. The molecule has 2 rings (SSSR count). The number of hydrogen-bond acceptors (Lipinski definition) is 4. The van der Waals surface area contributed by atoms with Crippen LogP contribution in [0.25, 0.3) is 0 Å². The molecule has 15 heavy (non-hydrogen) atoms. The van der Waals surface area contributed by atoms with E-state index in [1.807, 2.05) is 24.4 Å². The Morgan fingerprint density at radius 2 is 2.13 bits per heavy atom. The summed E-state index contributed by atoms with van der Waals surface area (Å²) in [5.41, 5.74) is 0. The van der Waals surface area contributed by atoms with Crippen LogP contribution in [0.15, 0.2) is 23.6 Å². The van der Waals surface area contributed by atoms with Gasteiger partial charge in [0.2, 0.25) is 5.78 Å². The minimum absolute atomic E-state index is 0.0846. The summed E-state index contributed by atoms with van der Waals surface area (Å²) >= 11 is 2.94. The van der Waals surface area contributed by atoms with E-state index in [9.17, 15) is 4.79 Å². The SMILES string of the molecule is COc1csc(C(=O)c2ccc(C)s2)c1. The van der Waals surface area contributed by atoms with Gasteiger partial charge in [0, 0.05) is 16.3 Å². The lowest BCUT2D eigenvalue weighted by Gasteiger charge is -1.92. The summed E-state index contributed by atoms with van der Waals surface area (Å²) in [6.07, 6.45) is 0. The van der Waals surface area contributed by atoms with Crippen LogP contribution >= 0.6 is 22.7 Å². The Kier molecular flexibility index (Phi) is 2.88. The Hall–Kier alpha value is -1.13. The molecule has 0 unspecified atom stereocenters. The van der Waals surface area contributed by atoms with Gasteiger partial charge in [0.15, 0.2) is 0 Å². The fourth-order valence-corrected chi connectivity index (χ4v) is 2.92. The number of carbonyl (C=O) groups is 1. The molecule has 0 saturated heterocycles. The van der Waals surface area contributed by atoms with Crippen LogP contribution in [0, 0.1) is 6.92 Å². The van der Waals surface area contributed by atoms with Gasteiger partial charge in [-0.2, -0.15) is 0 Å². The van der Waals surface area contributed by atoms with E-state index in [0.717, 1.165) is 20.4 Å². The molecule has 0 fully saturated rings. The van der Waals surface area contributed by atoms with E-state index in [-0.39, 0.29) is 5.78 Å². The van der Waals surface area contributed by atoms with Crippen molar-refractivity contribution in [1.29, 1.82) is 0 Å². The van der Waals surface area contributed by atoms with Crippen molar-refractivity contribution in [3.8, 4) is 5.75 Å². The molecule has 0 atom stereocenters. The van der Waals surface area contributed by atoms with Gasteiger partial charge < -0.3 is 4.74 Å². The highest BCUT2D eigenvalue weighted by atomic mass is 32.1. The van der Waals surface area contributed by atoms with E-state index < -0.39 is 0 Å². The molecule has 2 aromatic rings. The van der Waals surface area contributed by atoms with Crippen LogP contribution in [-0.4, -0.2) is 12.9 Å². The van der Waals surface area contributed by atoms with Gasteiger partial charge in [-0.1, -0.05) is 0 Å². The zero-order chi connectivity index (χ0) is 10.8. The number of methoxy groups -OCH3 is 1. The normalized spacial score (nSPS) is 10.3. The molecule has 78 valence electrons. The number of ether oxygens (including phenoxy) is 1. The molecule has 0 aliphatic heterocycles. The second-order valence-corrected chi connectivity index (χ2v) is 5.29. The average Bonchev–Trinajstić information content (AvgIpc) is 2.84. The van der Waals surface area contributed by atoms with Gasteiger partial charge in [-0.25, -0.2) is 0 Å². The van der Waals surface area contributed by atoms with Gasteiger partial charge in [-0.05, 0) is 19.1 Å². The molecular weight excluding hydrogens is 228 g/mol. The van der Waals surface area contributed by atoms with E-state index >= 15 is 0 Å². The van der Waals surface area contributed by atoms with Crippen molar-refractivity contribution >= 4 is 28.5 Å². The number of ketones is 1. The standard InChI is InChI=1S/C11H10O2S2/c1-7-3-4-9(15-7)11(12)10-5-8(13-2)6-14-10/h3-6H,1-2H3. The van der Waals surface area contributed by atoms with Crippen molar-refractivity contribution in [1.82, 2.24) is 0 Å². The zero-order valence-electron chi connectivity index (χ0n) is 8.44. The lowest BCUT2D eigenvalue weighted by molar-refractivity contribution is 0.104. The molecule has 2 heterocycles. The minimum atomic E-state index is 0.0846. The predicted octanol–water partition coefficient (Wildman–Crippen LogP) is 3.36. The molecule has 0 bridgehead atoms. The number of rotatable bonds is 3. The summed E-state index contributed by atoms with van der Waals surface area (Å²) in [7, 11) is 1.60. The monoisotopic (exact) mass is 238 g/mol. The topological polar surface area (TPSA) is 26.3 Å². The molecule has 4 heteroatoms. The van der Waals surface area contributed by atoms with Crippen LogP contribution in [0.4, 0.5) is 0 Å². The molecule has 0 radical (unpaired) electrons. The Bertz CT molecular complexity index is 482. The van der Waals surface area contributed by atoms with Crippen LogP contribution in [0.5, 0.6) is 5.75 Å². The molecule has 0 aliphatic rings. The molecule has 2 nitrogen and oxygen atoms in total. The molecule has 0 spiro atoms. The Morgan fingerprint density at radius 1 is 1.33 bits per heavy atom. The predicted molar refractivity (Wildman–Crippen MR) is 63.4 cm³/mol. The molecule has 0 aromatic carbocycles. The van der Waals surface area contributed by atoms with Gasteiger partial charge in [-0.15, -0.1) is 22.7 Å². The Morgan fingerprint density at radius 3 is 2.67 bits per heavy atom. The average molecular weight is 238 g/mol. The van der Waals surface area contributed by atoms with Crippen molar-refractivity contribution in [3.05, 3.63) is 38.2 Å². The fourth-order valence-electron chi connectivity index (χ4n) is 1.22. The number of aryl methyl sites for hydroxylation is 1. The maximum absolute atomic E-state index is 12.0. The summed E-state index contributed by atoms with van der Waals surface area (Å²) in [5.74, 6) is 0.832. The number of thiophene rings is 2. The highest BCUT2D eigenvalue weighted by Crippen LogP contribution is 2.26. The largest absolute Gasteiger partial charge is 0.496 e. The number of carbonyl (C=O) groups excluding carboxylic acids is 1. The molecule has 0 aliphatic carbocycles. The second kappa shape index (κ2) is 4.16. The summed E-state index contributed by atoms with van der Waals surface area (Å²) in [4.78, 5) is 14.6. The number of hydrogen-bond donors (Lipinski definition) is 0. The Balaban J connectivity index is 2.28. The molecule has 0 saturated carbocycles. The minimum Gasteiger partial charge on any atom is -0.496 e. The van der Waals surface area contributed by atoms with Gasteiger partial charge in [-0.3, -0.25) is 4.79 Å². The quantitative estimate of drug-likeness (QED) is 0.766. The third kappa shape index (κ3) is 2.11. The highest BCUT2D eigenvalue weighted by molar-refractivity contribution is 7.16. The van der Waals surface area contributed by atoms with Gasteiger partial charge in [0.1, 0.15) is 5.75 Å². The van der Waals surface area contributed by atoms with E-state index in [4.69, 9.17) is 4.74 Å². The molecule has 0 amide bonds. The van der Waals surface area contributed by atoms with Gasteiger partial charge >= 0.3 is 0 Å². The second-order valence-electron chi connectivity index (χ2n) is 3.09. The first-order valence-corrected chi connectivity index (χ1v) is 6.14. The van der Waals surface area contributed by atoms with Crippen molar-refractivity contribution in [2.24, 2.45) is 0 Å². The third-order valence-corrected chi connectivity index (χ3v) is 3.91. The molecule has 2 aromatic heterocycles. The third-order valence-electron chi connectivity index (χ3n) is 2.00. The first-order chi connectivity index (χ1) is 7.20. The van der Waals surface area contributed by atoms with Crippen LogP contribution in [0.1, 0.15) is 19.4 Å². The van der Waals surface area contributed by atoms with E-state index in [0.29, 0.717) is 0 Å². The zero-order valence-corrected chi connectivity index (χ0v) is 10.1. The van der Waals surface area contributed by atoms with Crippen molar-refractivity contribution in [2.45, 2.75) is 6.92 Å². The van der Waals surface area contributed by atoms with E-state index in [1.165, 1.54) is 22.7 Å². The van der Waals surface area contributed by atoms with E-state index in [1.54, 1.807) is 13.2 Å². The van der Waals surface area contributed by atoms with Crippen LogP contribution in [0.2, 0.25) is 0 Å². The molecular formula is C11H10O2S2. The maximum atomic E-state index is 12.0. The fraction of sp³-hybridized carbons (Fsp3) is 0.182. The van der Waals surface area contributed by atoms with Crippen molar-refractivity contribution in [2.75, 3.05) is 7.11 Å². The smallest absolute Gasteiger partial charge is 0.213 e. The van der Waals surface area contributed by atoms with Gasteiger partial charge in [0.25, 0.3) is 0 Å². The highest BCUT2D eigenvalue weighted by Gasteiger charge is 2.13. The lowest BCUT2D eigenvalue weighted by atomic mass is 10.2. The van der Waals surface area contributed by atoms with Gasteiger partial charge in [0.05, 0.1) is 16.9 Å². The summed E-state index contributed by atoms with van der Waals surface area (Å²) in [6, 6.07) is 5.61. The van der Waals surface area contributed by atoms with Crippen LogP contribution in [0.3, 0.4) is 0 Å². The van der Waals surface area contributed by atoms with Crippen molar-refractivity contribution in [3.63, 3.8) is 0 Å². The first-order valence-electron chi connectivity index (χ1n) is 4.44. The Labute approximate surface area is 96.1 Å². The summed E-state index contributed by atoms with van der Waals surface area (Å²) < 4.78 is 5.05. The van der Waals surface area contributed by atoms with Crippen LogP contribution < -0.4 is 4.74 Å². The lowest BCUT2D eigenvalue weighted by Crippen LogP contribution is -1.94. The molecule has 0 N–H and O–H groups in total. The van der Waals surface area contributed by atoms with Crippen molar-refractivity contribution < 1.29 is 9.53 Å².